The number of hydrogen-bond donors (Lipinski definition) is 1. The summed E-state index contributed by atoms with van der Waals surface area (Å²) in [6.07, 6.45) is 4.79. The first-order chi connectivity index (χ1) is 8.55. The molecule has 2 aliphatic rings. The lowest BCUT2D eigenvalue weighted by Gasteiger charge is -2.34. The Hall–Kier alpha value is -0.460. The van der Waals surface area contributed by atoms with E-state index in [1.54, 1.807) is 6.08 Å². The van der Waals surface area contributed by atoms with E-state index >= 15 is 0 Å². The fourth-order valence-electron chi connectivity index (χ4n) is 2.75. The van der Waals surface area contributed by atoms with Gasteiger partial charge < -0.3 is 5.73 Å². The molecule has 3 atom stereocenters. The van der Waals surface area contributed by atoms with Gasteiger partial charge in [-0.2, -0.15) is 0 Å². The predicted octanol–water partition coefficient (Wildman–Crippen LogP) is 1.04. The van der Waals surface area contributed by atoms with Crippen LogP contribution in [0.25, 0.3) is 0 Å². The van der Waals surface area contributed by atoms with Crippen molar-refractivity contribution in [3.63, 3.8) is 0 Å². The molecule has 6 heteroatoms. The Morgan fingerprint density at radius 3 is 2.50 bits per heavy atom. The minimum Gasteiger partial charge on any atom is -0.330 e. The number of sulfonamides is 1. The van der Waals surface area contributed by atoms with Crippen molar-refractivity contribution in [2.24, 2.45) is 11.7 Å². The van der Waals surface area contributed by atoms with Crippen LogP contribution in [0.4, 0.5) is 4.39 Å². The van der Waals surface area contributed by atoms with E-state index in [1.807, 2.05) is 0 Å². The first-order valence-corrected chi connectivity index (χ1v) is 8.07. The second-order valence-electron chi connectivity index (χ2n) is 5.08. The summed E-state index contributed by atoms with van der Waals surface area (Å²) in [6, 6.07) is 0. The second kappa shape index (κ2) is 5.67. The van der Waals surface area contributed by atoms with Crippen molar-refractivity contribution < 1.29 is 12.8 Å². The van der Waals surface area contributed by atoms with Crippen LogP contribution in [0, 0.1) is 5.92 Å². The highest BCUT2D eigenvalue weighted by Crippen LogP contribution is 2.29. The van der Waals surface area contributed by atoms with Gasteiger partial charge in [0, 0.05) is 25.4 Å². The Labute approximate surface area is 108 Å². The van der Waals surface area contributed by atoms with Crippen molar-refractivity contribution in [2.75, 3.05) is 19.6 Å². The van der Waals surface area contributed by atoms with E-state index in [9.17, 15) is 12.8 Å². The summed E-state index contributed by atoms with van der Waals surface area (Å²) in [4.78, 5) is 0. The van der Waals surface area contributed by atoms with Crippen molar-refractivity contribution in [3.8, 4) is 0 Å². The molecule has 0 bridgehead atoms. The van der Waals surface area contributed by atoms with Gasteiger partial charge in [0.25, 0.3) is 0 Å². The SMILES string of the molecule is NCC1C=CC(F)CC1S(=O)(=O)N1CCCCC1. The number of halogens is 1. The lowest BCUT2D eigenvalue weighted by atomic mass is 9.94. The van der Waals surface area contributed by atoms with Crippen molar-refractivity contribution in [1.29, 1.82) is 0 Å². The lowest BCUT2D eigenvalue weighted by Crippen LogP contribution is -2.47. The number of piperidine rings is 1. The molecule has 104 valence electrons. The summed E-state index contributed by atoms with van der Waals surface area (Å²) in [6.45, 7) is 1.38. The number of allylic oxidation sites excluding steroid dienone is 1. The van der Waals surface area contributed by atoms with Gasteiger partial charge in [0.15, 0.2) is 0 Å². The van der Waals surface area contributed by atoms with E-state index in [1.165, 1.54) is 10.4 Å². The van der Waals surface area contributed by atoms with E-state index in [-0.39, 0.29) is 18.9 Å². The summed E-state index contributed by atoms with van der Waals surface area (Å²) < 4.78 is 40.0. The van der Waals surface area contributed by atoms with Gasteiger partial charge in [0.1, 0.15) is 6.17 Å². The zero-order valence-electron chi connectivity index (χ0n) is 10.5. The topological polar surface area (TPSA) is 63.4 Å². The first kappa shape index (κ1) is 14.0. The first-order valence-electron chi connectivity index (χ1n) is 6.57. The van der Waals surface area contributed by atoms with Gasteiger partial charge in [-0.3, -0.25) is 0 Å². The Morgan fingerprint density at radius 1 is 1.22 bits per heavy atom. The second-order valence-corrected chi connectivity index (χ2v) is 7.23. The van der Waals surface area contributed by atoms with Crippen LogP contribution in [0.5, 0.6) is 0 Å². The average molecular weight is 276 g/mol. The molecule has 2 rings (SSSR count). The molecule has 1 saturated heterocycles. The molecule has 0 spiro atoms. The average Bonchev–Trinajstić information content (AvgIpc) is 2.39. The molecular formula is C12H21FN2O2S. The van der Waals surface area contributed by atoms with Crippen molar-refractivity contribution in [1.82, 2.24) is 4.31 Å². The van der Waals surface area contributed by atoms with Crippen LogP contribution in [0.3, 0.4) is 0 Å². The molecule has 4 nitrogen and oxygen atoms in total. The van der Waals surface area contributed by atoms with E-state index in [0.717, 1.165) is 19.3 Å². The van der Waals surface area contributed by atoms with E-state index in [4.69, 9.17) is 5.73 Å². The minimum absolute atomic E-state index is 0.0389. The Kier molecular flexibility index (Phi) is 4.40. The maximum atomic E-state index is 13.4. The Balaban J connectivity index is 2.19. The van der Waals surface area contributed by atoms with Crippen molar-refractivity contribution in [3.05, 3.63) is 12.2 Å². The van der Waals surface area contributed by atoms with Crippen LogP contribution >= 0.6 is 0 Å². The highest BCUT2D eigenvalue weighted by atomic mass is 32.2. The molecule has 1 heterocycles. The number of rotatable bonds is 3. The standard InChI is InChI=1S/C12H21FN2O2S/c13-11-5-4-10(9-14)12(8-11)18(16,17)15-6-2-1-3-7-15/h4-5,10-12H,1-3,6-9,14H2. The summed E-state index contributed by atoms with van der Waals surface area (Å²) in [5, 5.41) is -0.694. The van der Waals surface area contributed by atoms with Crippen LogP contribution in [0.2, 0.25) is 0 Å². The van der Waals surface area contributed by atoms with E-state index in [2.05, 4.69) is 0 Å². The minimum atomic E-state index is -3.42. The molecule has 1 aliphatic heterocycles. The Bertz CT molecular complexity index is 404. The molecule has 3 unspecified atom stereocenters. The fourth-order valence-corrected chi connectivity index (χ4v) is 4.97. The number of hydrogen-bond acceptors (Lipinski definition) is 3. The number of nitrogens with two attached hydrogens (primary N) is 1. The van der Waals surface area contributed by atoms with Crippen LogP contribution in [0.15, 0.2) is 12.2 Å². The van der Waals surface area contributed by atoms with Crippen LogP contribution in [-0.4, -0.2) is 43.8 Å². The monoisotopic (exact) mass is 276 g/mol. The number of alkyl halides is 1. The summed E-state index contributed by atoms with van der Waals surface area (Å²) >= 11 is 0. The van der Waals surface area contributed by atoms with Gasteiger partial charge in [0.05, 0.1) is 5.25 Å². The van der Waals surface area contributed by atoms with Gasteiger partial charge in [-0.05, 0) is 19.4 Å². The Morgan fingerprint density at radius 2 is 1.89 bits per heavy atom. The third kappa shape index (κ3) is 2.75. The molecule has 18 heavy (non-hydrogen) atoms. The maximum Gasteiger partial charge on any atom is 0.217 e. The van der Waals surface area contributed by atoms with Gasteiger partial charge in [-0.15, -0.1) is 0 Å². The zero-order chi connectivity index (χ0) is 13.2. The lowest BCUT2D eigenvalue weighted by molar-refractivity contribution is 0.308. The molecular weight excluding hydrogens is 255 g/mol. The quantitative estimate of drug-likeness (QED) is 0.784. The predicted molar refractivity (Wildman–Crippen MR) is 69.3 cm³/mol. The highest BCUT2D eigenvalue weighted by molar-refractivity contribution is 7.89. The third-order valence-corrected chi connectivity index (χ3v) is 6.22. The molecule has 0 aromatic carbocycles. The fraction of sp³-hybridized carbons (Fsp3) is 0.833. The molecule has 2 N–H and O–H groups in total. The van der Waals surface area contributed by atoms with Crippen LogP contribution in [-0.2, 0) is 10.0 Å². The van der Waals surface area contributed by atoms with Gasteiger partial charge in [-0.25, -0.2) is 17.1 Å². The van der Waals surface area contributed by atoms with Crippen molar-refractivity contribution in [2.45, 2.75) is 37.1 Å². The molecule has 0 aromatic rings. The molecule has 1 fully saturated rings. The van der Waals surface area contributed by atoms with Crippen LogP contribution < -0.4 is 5.73 Å². The van der Waals surface area contributed by atoms with Gasteiger partial charge in [0.2, 0.25) is 10.0 Å². The molecule has 0 aromatic heterocycles. The normalized spacial score (nSPS) is 34.7. The highest BCUT2D eigenvalue weighted by Gasteiger charge is 2.39. The van der Waals surface area contributed by atoms with Crippen LogP contribution in [0.1, 0.15) is 25.7 Å². The molecule has 1 aliphatic carbocycles. The van der Waals surface area contributed by atoms with Gasteiger partial charge >= 0.3 is 0 Å². The smallest absolute Gasteiger partial charge is 0.217 e. The molecule has 0 radical (unpaired) electrons. The summed E-state index contributed by atoms with van der Waals surface area (Å²) in [5.41, 5.74) is 5.61. The van der Waals surface area contributed by atoms with Crippen molar-refractivity contribution >= 4 is 10.0 Å². The zero-order valence-corrected chi connectivity index (χ0v) is 11.3. The molecule has 0 saturated carbocycles. The summed E-state index contributed by atoms with van der Waals surface area (Å²) in [7, 11) is -3.42. The third-order valence-electron chi connectivity index (χ3n) is 3.83. The molecule has 0 amide bonds. The van der Waals surface area contributed by atoms with Gasteiger partial charge in [-0.1, -0.05) is 18.6 Å². The number of nitrogens with zero attached hydrogens (tertiary/aromatic N) is 1. The van der Waals surface area contributed by atoms with E-state index < -0.39 is 21.4 Å². The maximum absolute atomic E-state index is 13.4. The largest absolute Gasteiger partial charge is 0.330 e. The summed E-state index contributed by atoms with van der Waals surface area (Å²) in [5.74, 6) is -0.260. The van der Waals surface area contributed by atoms with E-state index in [0.29, 0.717) is 13.1 Å².